The molecule has 1 unspecified atom stereocenters. The summed E-state index contributed by atoms with van der Waals surface area (Å²) in [4.78, 5) is 0. The van der Waals surface area contributed by atoms with Crippen molar-refractivity contribution >= 4 is 0 Å². The van der Waals surface area contributed by atoms with Gasteiger partial charge in [-0.05, 0) is 5.56 Å². The molecule has 1 aromatic carbocycles. The summed E-state index contributed by atoms with van der Waals surface area (Å²) < 4.78 is 18.0. The number of alkyl halides is 1. The van der Waals surface area contributed by atoms with Crippen molar-refractivity contribution in [3.05, 3.63) is 35.9 Å². The van der Waals surface area contributed by atoms with E-state index in [9.17, 15) is 4.39 Å². The van der Waals surface area contributed by atoms with Crippen molar-refractivity contribution in [1.82, 2.24) is 0 Å². The number of halogens is 1. The first-order valence-electron chi connectivity index (χ1n) is 3.68. The molecular formula is C9H9FO. The maximum absolute atomic E-state index is 13.2. The molecule has 0 aromatic heterocycles. The van der Waals surface area contributed by atoms with Gasteiger partial charge in [0.05, 0.1) is 6.61 Å². The van der Waals surface area contributed by atoms with E-state index in [0.29, 0.717) is 6.61 Å². The zero-order valence-electron chi connectivity index (χ0n) is 6.03. The Morgan fingerprint density at radius 3 is 2.55 bits per heavy atom. The van der Waals surface area contributed by atoms with Gasteiger partial charge in [0.25, 0.3) is 0 Å². The van der Waals surface area contributed by atoms with Crippen LogP contribution in [0.4, 0.5) is 4.39 Å². The Bertz CT molecular complexity index is 231. The summed E-state index contributed by atoms with van der Waals surface area (Å²) in [5.74, 6) is 0. The molecule has 0 amide bonds. The average Bonchev–Trinajstić information content (AvgIpc) is 2.87. The van der Waals surface area contributed by atoms with Crippen molar-refractivity contribution in [3.8, 4) is 0 Å². The number of ether oxygens (including phenoxy) is 1. The van der Waals surface area contributed by atoms with E-state index in [1.54, 1.807) is 12.1 Å². The quantitative estimate of drug-likeness (QED) is 0.591. The van der Waals surface area contributed by atoms with Crippen molar-refractivity contribution in [1.29, 1.82) is 0 Å². The summed E-state index contributed by atoms with van der Waals surface area (Å²) in [5, 5.41) is 0. The van der Waals surface area contributed by atoms with Gasteiger partial charge in [-0.15, -0.1) is 0 Å². The Labute approximate surface area is 64.8 Å². The van der Waals surface area contributed by atoms with Crippen LogP contribution in [0.25, 0.3) is 0 Å². The fourth-order valence-electron chi connectivity index (χ4n) is 1.08. The van der Waals surface area contributed by atoms with Crippen molar-refractivity contribution in [2.75, 3.05) is 6.61 Å². The van der Waals surface area contributed by atoms with Crippen molar-refractivity contribution in [3.63, 3.8) is 0 Å². The Morgan fingerprint density at radius 2 is 2.00 bits per heavy atom. The highest BCUT2D eigenvalue weighted by atomic mass is 19.1. The van der Waals surface area contributed by atoms with Crippen LogP contribution < -0.4 is 0 Å². The van der Waals surface area contributed by atoms with Crippen LogP contribution >= 0.6 is 0 Å². The van der Waals surface area contributed by atoms with Gasteiger partial charge in [0, 0.05) is 0 Å². The second kappa shape index (κ2) is 2.62. The van der Waals surface area contributed by atoms with E-state index in [2.05, 4.69) is 0 Å². The SMILES string of the molecule is FC(c1ccccc1)[C@@H]1CO1. The monoisotopic (exact) mass is 152 g/mol. The third-order valence-corrected chi connectivity index (χ3v) is 1.80. The number of rotatable bonds is 2. The third kappa shape index (κ3) is 1.40. The van der Waals surface area contributed by atoms with Gasteiger partial charge in [-0.25, -0.2) is 4.39 Å². The van der Waals surface area contributed by atoms with Crippen molar-refractivity contribution < 1.29 is 9.13 Å². The molecule has 1 nitrogen and oxygen atoms in total. The number of hydrogen-bond acceptors (Lipinski definition) is 1. The molecular weight excluding hydrogens is 143 g/mol. The topological polar surface area (TPSA) is 12.5 Å². The predicted octanol–water partition coefficient (Wildman–Crippen LogP) is 2.10. The second-order valence-corrected chi connectivity index (χ2v) is 2.68. The summed E-state index contributed by atoms with van der Waals surface area (Å²) in [7, 11) is 0. The normalized spacial score (nSPS) is 24.6. The van der Waals surface area contributed by atoms with E-state index in [1.807, 2.05) is 18.2 Å². The van der Waals surface area contributed by atoms with Gasteiger partial charge in [-0.1, -0.05) is 30.3 Å². The Hall–Kier alpha value is -0.890. The highest BCUT2D eigenvalue weighted by Crippen LogP contribution is 2.30. The van der Waals surface area contributed by atoms with E-state index in [4.69, 9.17) is 4.74 Å². The molecule has 0 bridgehead atoms. The average molecular weight is 152 g/mol. The van der Waals surface area contributed by atoms with Gasteiger partial charge in [0.15, 0.2) is 6.17 Å². The minimum Gasteiger partial charge on any atom is -0.370 e. The maximum atomic E-state index is 13.2. The molecule has 0 aliphatic carbocycles. The zero-order chi connectivity index (χ0) is 7.68. The van der Waals surface area contributed by atoms with E-state index >= 15 is 0 Å². The molecule has 2 heteroatoms. The van der Waals surface area contributed by atoms with E-state index in [1.165, 1.54) is 0 Å². The van der Waals surface area contributed by atoms with Gasteiger partial charge in [-0.2, -0.15) is 0 Å². The molecule has 1 aliphatic heterocycles. The molecule has 2 rings (SSSR count). The summed E-state index contributed by atoms with van der Waals surface area (Å²) >= 11 is 0. The molecule has 0 spiro atoms. The molecule has 58 valence electrons. The summed E-state index contributed by atoms with van der Waals surface area (Å²) in [6.45, 7) is 0.566. The summed E-state index contributed by atoms with van der Waals surface area (Å²) in [6, 6.07) is 9.12. The van der Waals surface area contributed by atoms with Crippen molar-refractivity contribution in [2.45, 2.75) is 12.3 Å². The van der Waals surface area contributed by atoms with Crippen LogP contribution in [-0.2, 0) is 4.74 Å². The Kier molecular flexibility index (Phi) is 1.62. The molecule has 11 heavy (non-hydrogen) atoms. The first kappa shape index (κ1) is 6.80. The van der Waals surface area contributed by atoms with Crippen LogP contribution in [0.2, 0.25) is 0 Å². The number of benzene rings is 1. The largest absolute Gasteiger partial charge is 0.370 e. The van der Waals surface area contributed by atoms with Gasteiger partial charge in [-0.3, -0.25) is 0 Å². The Balaban J connectivity index is 2.15. The van der Waals surface area contributed by atoms with Gasteiger partial charge in [0.2, 0.25) is 0 Å². The molecule has 1 heterocycles. The van der Waals surface area contributed by atoms with Gasteiger partial charge in [0.1, 0.15) is 6.10 Å². The molecule has 0 radical (unpaired) electrons. The van der Waals surface area contributed by atoms with Crippen LogP contribution in [0, 0.1) is 0 Å². The minimum absolute atomic E-state index is 0.183. The van der Waals surface area contributed by atoms with E-state index in [0.717, 1.165) is 5.56 Å². The maximum Gasteiger partial charge on any atom is 0.153 e. The highest BCUT2D eigenvalue weighted by molar-refractivity contribution is 5.19. The van der Waals surface area contributed by atoms with E-state index in [-0.39, 0.29) is 6.10 Å². The predicted molar refractivity (Wildman–Crippen MR) is 40.0 cm³/mol. The molecule has 1 aliphatic rings. The molecule has 1 fully saturated rings. The molecule has 1 saturated heterocycles. The highest BCUT2D eigenvalue weighted by Gasteiger charge is 2.33. The van der Waals surface area contributed by atoms with Crippen LogP contribution in [0.5, 0.6) is 0 Å². The Morgan fingerprint density at radius 1 is 1.36 bits per heavy atom. The lowest BCUT2D eigenvalue weighted by Crippen LogP contribution is -1.98. The first-order valence-corrected chi connectivity index (χ1v) is 3.68. The molecule has 1 aromatic rings. The number of epoxide rings is 1. The minimum atomic E-state index is -0.934. The molecule has 0 saturated carbocycles. The molecule has 0 N–H and O–H groups in total. The smallest absolute Gasteiger partial charge is 0.153 e. The van der Waals surface area contributed by atoms with E-state index < -0.39 is 6.17 Å². The third-order valence-electron chi connectivity index (χ3n) is 1.80. The van der Waals surface area contributed by atoms with Crippen molar-refractivity contribution in [2.24, 2.45) is 0 Å². The van der Waals surface area contributed by atoms with Gasteiger partial charge < -0.3 is 4.74 Å². The lowest BCUT2D eigenvalue weighted by molar-refractivity contribution is 0.253. The molecule has 2 atom stereocenters. The first-order chi connectivity index (χ1) is 5.38. The zero-order valence-corrected chi connectivity index (χ0v) is 6.03. The van der Waals surface area contributed by atoms with Crippen LogP contribution in [0.15, 0.2) is 30.3 Å². The summed E-state index contributed by atoms with van der Waals surface area (Å²) in [5.41, 5.74) is 0.718. The summed E-state index contributed by atoms with van der Waals surface area (Å²) in [6.07, 6.45) is -1.12. The van der Waals surface area contributed by atoms with Crippen LogP contribution in [0.1, 0.15) is 11.7 Å². The van der Waals surface area contributed by atoms with Gasteiger partial charge >= 0.3 is 0 Å². The standard InChI is InChI=1S/C9H9FO/c10-9(8-6-11-8)7-4-2-1-3-5-7/h1-5,8-9H,6H2/t8-,9?/m0/s1. The lowest BCUT2D eigenvalue weighted by Gasteiger charge is -2.02. The second-order valence-electron chi connectivity index (χ2n) is 2.68. The fraction of sp³-hybridized carbons (Fsp3) is 0.333. The fourth-order valence-corrected chi connectivity index (χ4v) is 1.08. The van der Waals surface area contributed by atoms with Crippen LogP contribution in [-0.4, -0.2) is 12.7 Å². The number of hydrogen-bond donors (Lipinski definition) is 0. The lowest BCUT2D eigenvalue weighted by atomic mass is 10.1. The van der Waals surface area contributed by atoms with Crippen LogP contribution in [0.3, 0.4) is 0 Å².